The summed E-state index contributed by atoms with van der Waals surface area (Å²) in [4.78, 5) is 11.6. The first-order valence-corrected chi connectivity index (χ1v) is 5.08. The van der Waals surface area contributed by atoms with Gasteiger partial charge in [0.05, 0.1) is 19.4 Å². The van der Waals surface area contributed by atoms with Crippen LogP contribution >= 0.6 is 12.4 Å². The Morgan fingerprint density at radius 1 is 1.42 bits per heavy atom. The number of nitrogens with two attached hydrogens (primary N) is 1. The summed E-state index contributed by atoms with van der Waals surface area (Å²) in [5.74, 6) is -2.62. The molecule has 0 saturated carbocycles. The SMILES string of the molecule is COCC(N)C(=O)Nc1cc(F)cc(F)c1OC.Cl. The second-order valence-electron chi connectivity index (χ2n) is 3.52. The highest BCUT2D eigenvalue weighted by Gasteiger charge is 2.18. The van der Waals surface area contributed by atoms with Crippen LogP contribution in [-0.2, 0) is 9.53 Å². The van der Waals surface area contributed by atoms with Gasteiger partial charge in [0, 0.05) is 19.2 Å². The Morgan fingerprint density at radius 3 is 2.58 bits per heavy atom. The van der Waals surface area contributed by atoms with Crippen molar-refractivity contribution >= 4 is 24.0 Å². The zero-order chi connectivity index (χ0) is 13.7. The summed E-state index contributed by atoms with van der Waals surface area (Å²) in [6.45, 7) is -0.00799. The Morgan fingerprint density at radius 2 is 2.05 bits per heavy atom. The minimum Gasteiger partial charge on any atom is -0.492 e. The molecule has 0 aliphatic rings. The molecule has 0 spiro atoms. The summed E-state index contributed by atoms with van der Waals surface area (Å²) in [5.41, 5.74) is 5.36. The van der Waals surface area contributed by atoms with Gasteiger partial charge in [0.15, 0.2) is 11.6 Å². The number of carbonyl (C=O) groups excluding carboxylic acids is 1. The van der Waals surface area contributed by atoms with Crippen LogP contribution in [0.3, 0.4) is 0 Å². The lowest BCUT2D eigenvalue weighted by molar-refractivity contribution is -0.118. The molecule has 0 aliphatic carbocycles. The third-order valence-electron chi connectivity index (χ3n) is 2.15. The van der Waals surface area contributed by atoms with Crippen LogP contribution in [-0.4, -0.2) is 32.8 Å². The summed E-state index contributed by atoms with van der Waals surface area (Å²) in [6.07, 6.45) is 0. The second-order valence-corrected chi connectivity index (χ2v) is 3.52. The van der Waals surface area contributed by atoms with Gasteiger partial charge in [0.25, 0.3) is 0 Å². The Hall–Kier alpha value is -1.44. The van der Waals surface area contributed by atoms with Gasteiger partial charge < -0.3 is 20.5 Å². The molecule has 1 atom stereocenters. The zero-order valence-corrected chi connectivity index (χ0v) is 11.2. The van der Waals surface area contributed by atoms with Gasteiger partial charge in [0.2, 0.25) is 5.91 Å². The molecule has 3 N–H and O–H groups in total. The third-order valence-corrected chi connectivity index (χ3v) is 2.15. The highest BCUT2D eigenvalue weighted by molar-refractivity contribution is 5.96. The topological polar surface area (TPSA) is 73.6 Å². The maximum atomic E-state index is 13.3. The highest BCUT2D eigenvalue weighted by atomic mass is 35.5. The first kappa shape index (κ1) is 17.6. The minimum atomic E-state index is -0.939. The van der Waals surface area contributed by atoms with Crippen molar-refractivity contribution in [2.45, 2.75) is 6.04 Å². The largest absolute Gasteiger partial charge is 0.492 e. The molecule has 1 unspecified atom stereocenters. The fraction of sp³-hybridized carbons (Fsp3) is 0.364. The van der Waals surface area contributed by atoms with Crippen LogP contribution in [0.25, 0.3) is 0 Å². The van der Waals surface area contributed by atoms with Crippen molar-refractivity contribution in [3.05, 3.63) is 23.8 Å². The molecule has 1 amide bonds. The number of ether oxygens (including phenoxy) is 2. The van der Waals surface area contributed by atoms with E-state index in [4.69, 9.17) is 15.2 Å². The minimum absolute atomic E-state index is 0. The molecule has 1 aromatic carbocycles. The van der Waals surface area contributed by atoms with Crippen molar-refractivity contribution in [2.24, 2.45) is 5.73 Å². The van der Waals surface area contributed by atoms with Crippen molar-refractivity contribution in [1.29, 1.82) is 0 Å². The maximum absolute atomic E-state index is 13.3. The molecular weight excluding hydrogens is 282 g/mol. The molecule has 5 nitrogen and oxygen atoms in total. The number of hydrogen-bond acceptors (Lipinski definition) is 4. The molecule has 0 bridgehead atoms. The van der Waals surface area contributed by atoms with Crippen molar-refractivity contribution in [2.75, 3.05) is 26.1 Å². The van der Waals surface area contributed by atoms with Gasteiger partial charge in [0.1, 0.15) is 11.9 Å². The fourth-order valence-corrected chi connectivity index (χ4v) is 1.34. The summed E-state index contributed by atoms with van der Waals surface area (Å²) >= 11 is 0. The van der Waals surface area contributed by atoms with Gasteiger partial charge in [-0.3, -0.25) is 4.79 Å². The average Bonchev–Trinajstić information content (AvgIpc) is 2.28. The Bertz CT molecular complexity index is 446. The van der Waals surface area contributed by atoms with Crippen molar-refractivity contribution in [3.63, 3.8) is 0 Å². The van der Waals surface area contributed by atoms with Crippen LogP contribution in [0.4, 0.5) is 14.5 Å². The van der Waals surface area contributed by atoms with Crippen molar-refractivity contribution in [3.8, 4) is 5.75 Å². The number of benzene rings is 1. The lowest BCUT2D eigenvalue weighted by Gasteiger charge is -2.14. The van der Waals surface area contributed by atoms with E-state index in [2.05, 4.69) is 5.32 Å². The normalized spacial score (nSPS) is 11.4. The number of amides is 1. The molecule has 1 rings (SSSR count). The second kappa shape index (κ2) is 7.88. The quantitative estimate of drug-likeness (QED) is 0.859. The van der Waals surface area contributed by atoms with Crippen LogP contribution < -0.4 is 15.8 Å². The third kappa shape index (κ3) is 4.62. The molecule has 108 valence electrons. The molecule has 0 radical (unpaired) electrons. The predicted octanol–water partition coefficient (Wildman–Crippen LogP) is 1.31. The Labute approximate surface area is 115 Å². The van der Waals surface area contributed by atoms with Gasteiger partial charge in [-0.1, -0.05) is 0 Å². The molecule has 0 fully saturated rings. The molecule has 0 aliphatic heterocycles. The van der Waals surface area contributed by atoms with Gasteiger partial charge in [-0.05, 0) is 0 Å². The number of nitrogens with one attached hydrogen (secondary N) is 1. The van der Waals surface area contributed by atoms with Gasteiger partial charge >= 0.3 is 0 Å². The Kier molecular flexibility index (Phi) is 7.28. The van der Waals surface area contributed by atoms with E-state index in [1.807, 2.05) is 0 Å². The molecule has 19 heavy (non-hydrogen) atoms. The van der Waals surface area contributed by atoms with E-state index in [0.29, 0.717) is 6.07 Å². The lowest BCUT2D eigenvalue weighted by Crippen LogP contribution is -2.39. The fourth-order valence-electron chi connectivity index (χ4n) is 1.34. The Balaban J connectivity index is 0.00000324. The van der Waals surface area contributed by atoms with Crippen LogP contribution in [0, 0.1) is 11.6 Å². The summed E-state index contributed by atoms with van der Waals surface area (Å²) < 4.78 is 35.8. The van der Waals surface area contributed by atoms with Crippen LogP contribution in [0.15, 0.2) is 12.1 Å². The van der Waals surface area contributed by atoms with Crippen molar-refractivity contribution < 1.29 is 23.0 Å². The summed E-state index contributed by atoms with van der Waals surface area (Å²) in [7, 11) is 2.59. The number of carbonyl (C=O) groups is 1. The smallest absolute Gasteiger partial charge is 0.243 e. The van der Waals surface area contributed by atoms with Crippen LogP contribution in [0.1, 0.15) is 0 Å². The molecule has 0 heterocycles. The van der Waals surface area contributed by atoms with Gasteiger partial charge in [-0.25, -0.2) is 8.78 Å². The van der Waals surface area contributed by atoms with E-state index >= 15 is 0 Å². The molecule has 0 saturated heterocycles. The number of halogens is 3. The van der Waals surface area contributed by atoms with Gasteiger partial charge in [-0.2, -0.15) is 0 Å². The summed E-state index contributed by atoms with van der Waals surface area (Å²) in [6, 6.07) is 0.661. The van der Waals surface area contributed by atoms with Gasteiger partial charge in [-0.15, -0.1) is 12.4 Å². The van der Waals surface area contributed by atoms with Crippen LogP contribution in [0.2, 0.25) is 0 Å². The van der Waals surface area contributed by atoms with E-state index in [-0.39, 0.29) is 30.5 Å². The van der Waals surface area contributed by atoms with Crippen LogP contribution in [0.5, 0.6) is 5.75 Å². The summed E-state index contributed by atoms with van der Waals surface area (Å²) in [5, 5.41) is 2.28. The standard InChI is InChI=1S/C11H14F2N2O3.ClH/c1-17-5-8(14)11(16)15-9-4-6(12)3-7(13)10(9)18-2;/h3-4,8H,5,14H2,1-2H3,(H,15,16);1H. The highest BCUT2D eigenvalue weighted by Crippen LogP contribution is 2.28. The molecule has 0 aromatic heterocycles. The number of rotatable bonds is 5. The molecular formula is C11H15ClF2N2O3. The van der Waals surface area contributed by atoms with E-state index < -0.39 is 23.6 Å². The van der Waals surface area contributed by atoms with Crippen molar-refractivity contribution in [1.82, 2.24) is 0 Å². The van der Waals surface area contributed by atoms with E-state index in [0.717, 1.165) is 6.07 Å². The lowest BCUT2D eigenvalue weighted by atomic mass is 10.2. The first-order chi connectivity index (χ1) is 8.49. The van der Waals surface area contributed by atoms with E-state index in [9.17, 15) is 13.6 Å². The van der Waals surface area contributed by atoms with E-state index in [1.54, 1.807) is 0 Å². The predicted molar refractivity (Wildman–Crippen MR) is 68.6 cm³/mol. The zero-order valence-electron chi connectivity index (χ0n) is 10.4. The average molecular weight is 297 g/mol. The molecule has 1 aromatic rings. The number of anilines is 1. The maximum Gasteiger partial charge on any atom is 0.243 e. The monoisotopic (exact) mass is 296 g/mol. The first-order valence-electron chi connectivity index (χ1n) is 5.08. The molecule has 8 heteroatoms. The number of methoxy groups -OCH3 is 2. The number of hydrogen-bond donors (Lipinski definition) is 2. The van der Waals surface area contributed by atoms with E-state index in [1.165, 1.54) is 14.2 Å².